The molecule has 0 fully saturated rings. The number of hydrogen-bond acceptors (Lipinski definition) is 5. The molecule has 1 aromatic rings. The molecule has 21 heavy (non-hydrogen) atoms. The summed E-state index contributed by atoms with van der Waals surface area (Å²) in [6, 6.07) is 8.23. The Morgan fingerprint density at radius 1 is 1.10 bits per heavy atom. The number of rotatable bonds is 11. The molecule has 0 aliphatic heterocycles. The van der Waals surface area contributed by atoms with E-state index in [0.29, 0.717) is 25.5 Å². The zero-order valence-corrected chi connectivity index (χ0v) is 13.5. The van der Waals surface area contributed by atoms with Gasteiger partial charge in [0, 0.05) is 38.7 Å². The monoisotopic (exact) mass is 312 g/mol. The van der Waals surface area contributed by atoms with Gasteiger partial charge < -0.3 is 20.1 Å². The van der Waals surface area contributed by atoms with Gasteiger partial charge in [-0.3, -0.25) is 4.79 Å². The number of hydrogen-bond donors (Lipinski definition) is 2. The second kappa shape index (κ2) is 11.6. The summed E-state index contributed by atoms with van der Waals surface area (Å²) in [6.07, 6.45) is 0. The SMILES string of the molecule is COCCNCc1ccc(SCC(=O)NCCOC)cc1. The van der Waals surface area contributed by atoms with Crippen LogP contribution in [-0.4, -0.2) is 52.2 Å². The minimum atomic E-state index is 0.0300. The lowest BCUT2D eigenvalue weighted by molar-refractivity contribution is -0.118. The molecule has 0 heterocycles. The number of ether oxygens (including phenoxy) is 2. The largest absolute Gasteiger partial charge is 0.383 e. The molecule has 1 amide bonds. The van der Waals surface area contributed by atoms with Crippen LogP contribution in [0.1, 0.15) is 5.56 Å². The molecule has 0 atom stereocenters. The molecule has 0 spiro atoms. The fourth-order valence-corrected chi connectivity index (χ4v) is 2.33. The molecule has 0 aromatic heterocycles. The minimum absolute atomic E-state index is 0.0300. The van der Waals surface area contributed by atoms with Crippen LogP contribution in [0.15, 0.2) is 29.2 Å². The van der Waals surface area contributed by atoms with Crippen LogP contribution in [-0.2, 0) is 20.8 Å². The van der Waals surface area contributed by atoms with E-state index in [9.17, 15) is 4.79 Å². The van der Waals surface area contributed by atoms with Crippen molar-refractivity contribution < 1.29 is 14.3 Å². The molecule has 1 rings (SSSR count). The average Bonchev–Trinajstić information content (AvgIpc) is 2.51. The molecular formula is C15H24N2O3S. The molecule has 5 nitrogen and oxygen atoms in total. The fourth-order valence-electron chi connectivity index (χ4n) is 1.60. The highest BCUT2D eigenvalue weighted by Crippen LogP contribution is 2.18. The lowest BCUT2D eigenvalue weighted by Gasteiger charge is -2.06. The maximum Gasteiger partial charge on any atom is 0.230 e. The van der Waals surface area contributed by atoms with Crippen LogP contribution < -0.4 is 10.6 Å². The Kier molecular flexibility index (Phi) is 9.90. The van der Waals surface area contributed by atoms with E-state index in [2.05, 4.69) is 22.8 Å². The predicted octanol–water partition coefficient (Wildman–Crippen LogP) is 1.28. The smallest absolute Gasteiger partial charge is 0.230 e. The van der Waals surface area contributed by atoms with Crippen LogP contribution in [0.3, 0.4) is 0 Å². The Labute approximate surface area is 130 Å². The summed E-state index contributed by atoms with van der Waals surface area (Å²) in [7, 11) is 3.31. The Bertz CT molecular complexity index is 398. The van der Waals surface area contributed by atoms with Crippen molar-refractivity contribution in [3.63, 3.8) is 0 Å². The number of carbonyl (C=O) groups is 1. The van der Waals surface area contributed by atoms with Crippen molar-refractivity contribution in [3.8, 4) is 0 Å². The van der Waals surface area contributed by atoms with Crippen LogP contribution in [0.5, 0.6) is 0 Å². The molecule has 0 radical (unpaired) electrons. The highest BCUT2D eigenvalue weighted by molar-refractivity contribution is 8.00. The number of nitrogens with one attached hydrogen (secondary N) is 2. The van der Waals surface area contributed by atoms with Crippen molar-refractivity contribution in [2.75, 3.05) is 46.3 Å². The van der Waals surface area contributed by atoms with Gasteiger partial charge in [0.1, 0.15) is 0 Å². The Morgan fingerprint density at radius 2 is 1.76 bits per heavy atom. The summed E-state index contributed by atoms with van der Waals surface area (Å²) in [4.78, 5) is 12.6. The molecule has 0 bridgehead atoms. The first kappa shape index (κ1) is 18.0. The van der Waals surface area contributed by atoms with Gasteiger partial charge in [0.25, 0.3) is 0 Å². The molecule has 0 aliphatic rings. The van der Waals surface area contributed by atoms with Crippen molar-refractivity contribution in [2.45, 2.75) is 11.4 Å². The summed E-state index contributed by atoms with van der Waals surface area (Å²) >= 11 is 1.53. The zero-order valence-electron chi connectivity index (χ0n) is 12.7. The number of benzene rings is 1. The van der Waals surface area contributed by atoms with Crippen LogP contribution >= 0.6 is 11.8 Å². The van der Waals surface area contributed by atoms with Crippen LogP contribution in [0.4, 0.5) is 0 Å². The van der Waals surface area contributed by atoms with E-state index in [0.717, 1.165) is 18.0 Å². The van der Waals surface area contributed by atoms with E-state index in [1.807, 2.05) is 12.1 Å². The highest BCUT2D eigenvalue weighted by Gasteiger charge is 2.02. The lowest BCUT2D eigenvalue weighted by atomic mass is 10.2. The third-order valence-electron chi connectivity index (χ3n) is 2.73. The van der Waals surface area contributed by atoms with E-state index < -0.39 is 0 Å². The first-order valence-electron chi connectivity index (χ1n) is 6.93. The van der Waals surface area contributed by atoms with Gasteiger partial charge in [0.2, 0.25) is 5.91 Å². The first-order chi connectivity index (χ1) is 10.3. The Morgan fingerprint density at radius 3 is 2.43 bits per heavy atom. The molecule has 2 N–H and O–H groups in total. The van der Waals surface area contributed by atoms with E-state index in [-0.39, 0.29) is 5.91 Å². The molecule has 0 aliphatic carbocycles. The van der Waals surface area contributed by atoms with Crippen LogP contribution in [0.2, 0.25) is 0 Å². The van der Waals surface area contributed by atoms with Gasteiger partial charge in [-0.1, -0.05) is 12.1 Å². The summed E-state index contributed by atoms with van der Waals surface area (Å²) in [6.45, 7) is 3.48. The molecule has 0 unspecified atom stereocenters. The van der Waals surface area contributed by atoms with Gasteiger partial charge in [0.05, 0.1) is 19.0 Å². The van der Waals surface area contributed by atoms with Crippen molar-refractivity contribution in [1.29, 1.82) is 0 Å². The molecule has 1 aromatic carbocycles. The van der Waals surface area contributed by atoms with Gasteiger partial charge >= 0.3 is 0 Å². The van der Waals surface area contributed by atoms with E-state index in [4.69, 9.17) is 9.47 Å². The van der Waals surface area contributed by atoms with Crippen LogP contribution in [0, 0.1) is 0 Å². The van der Waals surface area contributed by atoms with Gasteiger partial charge in [-0.05, 0) is 17.7 Å². The second-order valence-electron chi connectivity index (χ2n) is 4.44. The van der Waals surface area contributed by atoms with Gasteiger partial charge in [-0.25, -0.2) is 0 Å². The molecular weight excluding hydrogens is 288 g/mol. The summed E-state index contributed by atoms with van der Waals surface area (Å²) in [5.41, 5.74) is 1.22. The summed E-state index contributed by atoms with van der Waals surface area (Å²) < 4.78 is 9.86. The zero-order chi connectivity index (χ0) is 15.3. The predicted molar refractivity (Wildman–Crippen MR) is 85.6 cm³/mol. The fraction of sp³-hybridized carbons (Fsp3) is 0.533. The number of amides is 1. The Balaban J connectivity index is 2.22. The van der Waals surface area contributed by atoms with Crippen molar-refractivity contribution in [3.05, 3.63) is 29.8 Å². The quantitative estimate of drug-likeness (QED) is 0.476. The van der Waals surface area contributed by atoms with Crippen molar-refractivity contribution in [2.24, 2.45) is 0 Å². The van der Waals surface area contributed by atoms with Gasteiger partial charge in [0.15, 0.2) is 0 Å². The van der Waals surface area contributed by atoms with Gasteiger partial charge in [-0.15, -0.1) is 11.8 Å². The van der Waals surface area contributed by atoms with Crippen LogP contribution in [0.25, 0.3) is 0 Å². The van der Waals surface area contributed by atoms with E-state index in [1.54, 1.807) is 14.2 Å². The summed E-state index contributed by atoms with van der Waals surface area (Å²) in [5, 5.41) is 6.09. The first-order valence-corrected chi connectivity index (χ1v) is 7.92. The molecule has 118 valence electrons. The minimum Gasteiger partial charge on any atom is -0.383 e. The lowest BCUT2D eigenvalue weighted by Crippen LogP contribution is -2.28. The second-order valence-corrected chi connectivity index (χ2v) is 5.49. The molecule has 6 heteroatoms. The number of methoxy groups -OCH3 is 2. The maximum absolute atomic E-state index is 11.6. The highest BCUT2D eigenvalue weighted by atomic mass is 32.2. The third kappa shape index (κ3) is 8.72. The Hall–Kier alpha value is -1.08. The average molecular weight is 312 g/mol. The number of thioether (sulfide) groups is 1. The third-order valence-corrected chi connectivity index (χ3v) is 3.75. The van der Waals surface area contributed by atoms with Crippen molar-refractivity contribution in [1.82, 2.24) is 10.6 Å². The summed E-state index contributed by atoms with van der Waals surface area (Å²) in [5.74, 6) is 0.456. The molecule has 0 saturated heterocycles. The maximum atomic E-state index is 11.6. The number of carbonyl (C=O) groups excluding carboxylic acids is 1. The van der Waals surface area contributed by atoms with E-state index in [1.165, 1.54) is 17.3 Å². The topological polar surface area (TPSA) is 59.6 Å². The van der Waals surface area contributed by atoms with E-state index >= 15 is 0 Å². The molecule has 0 saturated carbocycles. The van der Waals surface area contributed by atoms with Gasteiger partial charge in [-0.2, -0.15) is 0 Å². The normalized spacial score (nSPS) is 10.6. The standard InChI is InChI=1S/C15H24N2O3S/c1-19-9-7-16-11-13-3-5-14(6-4-13)21-12-15(18)17-8-10-20-2/h3-6,16H,7-12H2,1-2H3,(H,17,18). The van der Waals surface area contributed by atoms with Crippen molar-refractivity contribution >= 4 is 17.7 Å².